The number of anilines is 1. The summed E-state index contributed by atoms with van der Waals surface area (Å²) in [5.41, 5.74) is 7.10. The monoisotopic (exact) mass is 265 g/mol. The van der Waals surface area contributed by atoms with Crippen molar-refractivity contribution in [3.8, 4) is 0 Å². The average molecular weight is 266 g/mol. The zero-order valence-corrected chi connectivity index (χ0v) is 10.5. The van der Waals surface area contributed by atoms with Gasteiger partial charge in [-0.3, -0.25) is 4.79 Å². The fourth-order valence-electron chi connectivity index (χ4n) is 1.48. The number of nitrogen functional groups attached to an aromatic ring is 1. The van der Waals surface area contributed by atoms with Gasteiger partial charge in [0, 0.05) is 11.8 Å². The molecular weight excluding hydrogens is 254 g/mol. The maximum absolute atomic E-state index is 11.9. The maximum Gasteiger partial charge on any atom is 0.253 e. The number of nitrogens with two attached hydrogens (primary N) is 1. The van der Waals surface area contributed by atoms with Crippen LogP contribution in [0.15, 0.2) is 28.8 Å². The third-order valence-electron chi connectivity index (χ3n) is 2.34. The van der Waals surface area contributed by atoms with Gasteiger partial charge >= 0.3 is 0 Å². The third kappa shape index (κ3) is 2.81. The fraction of sp³-hybridized carbons (Fsp3) is 0.167. The summed E-state index contributed by atoms with van der Waals surface area (Å²) in [6, 6.07) is 6.51. The molecule has 0 saturated carbocycles. The molecule has 0 radical (unpaired) electrons. The maximum atomic E-state index is 11.9. The normalized spacial score (nSPS) is 10.3. The van der Waals surface area contributed by atoms with Gasteiger partial charge in [0.05, 0.1) is 17.1 Å². The van der Waals surface area contributed by atoms with E-state index in [1.165, 1.54) is 6.07 Å². The summed E-state index contributed by atoms with van der Waals surface area (Å²) in [7, 11) is 0. The van der Waals surface area contributed by atoms with Crippen LogP contribution in [-0.2, 0) is 6.54 Å². The van der Waals surface area contributed by atoms with E-state index in [4.69, 9.17) is 21.9 Å². The van der Waals surface area contributed by atoms with Crippen LogP contribution in [-0.4, -0.2) is 11.1 Å². The molecule has 5 nitrogen and oxygen atoms in total. The molecule has 3 N–H and O–H groups in total. The van der Waals surface area contributed by atoms with E-state index >= 15 is 0 Å². The predicted molar refractivity (Wildman–Crippen MR) is 68.3 cm³/mol. The Morgan fingerprint density at radius 1 is 1.50 bits per heavy atom. The van der Waals surface area contributed by atoms with Crippen molar-refractivity contribution >= 4 is 23.2 Å². The molecule has 0 spiro atoms. The van der Waals surface area contributed by atoms with Crippen LogP contribution in [0.3, 0.4) is 0 Å². The van der Waals surface area contributed by atoms with Crippen LogP contribution in [0.1, 0.15) is 21.8 Å². The molecule has 2 rings (SSSR count). The molecule has 0 fully saturated rings. The highest BCUT2D eigenvalue weighted by Crippen LogP contribution is 2.18. The molecule has 0 aliphatic carbocycles. The minimum absolute atomic E-state index is 0.279. The predicted octanol–water partition coefficient (Wildman–Crippen LogP) is 2.15. The van der Waals surface area contributed by atoms with Crippen molar-refractivity contribution in [3.63, 3.8) is 0 Å². The molecule has 0 aliphatic heterocycles. The van der Waals surface area contributed by atoms with Gasteiger partial charge in [0.15, 0.2) is 0 Å². The number of carbonyl (C=O) groups excluding carboxylic acids is 1. The average Bonchev–Trinajstić information content (AvgIpc) is 2.75. The van der Waals surface area contributed by atoms with Crippen LogP contribution in [0.5, 0.6) is 0 Å². The van der Waals surface area contributed by atoms with Gasteiger partial charge in [-0.15, -0.1) is 0 Å². The Labute approximate surface area is 109 Å². The second kappa shape index (κ2) is 5.10. The van der Waals surface area contributed by atoms with Crippen LogP contribution in [0.4, 0.5) is 5.69 Å². The lowest BCUT2D eigenvalue weighted by molar-refractivity contribution is 0.0950. The second-order valence-corrected chi connectivity index (χ2v) is 4.26. The summed E-state index contributed by atoms with van der Waals surface area (Å²) < 4.78 is 4.90. The molecule has 0 bridgehead atoms. The molecule has 1 aromatic carbocycles. The first-order chi connectivity index (χ1) is 8.56. The highest BCUT2D eigenvalue weighted by Gasteiger charge is 2.11. The van der Waals surface area contributed by atoms with E-state index in [9.17, 15) is 4.79 Å². The number of nitrogens with one attached hydrogen (secondary N) is 1. The zero-order valence-electron chi connectivity index (χ0n) is 9.74. The number of carbonyl (C=O) groups is 1. The SMILES string of the molecule is Cc1cc(CNC(=O)c2cc(N)ccc2Cl)no1. The van der Waals surface area contributed by atoms with Gasteiger partial charge in [-0.1, -0.05) is 16.8 Å². The summed E-state index contributed by atoms with van der Waals surface area (Å²) >= 11 is 5.93. The largest absolute Gasteiger partial charge is 0.399 e. The van der Waals surface area contributed by atoms with E-state index in [-0.39, 0.29) is 12.5 Å². The number of hydrogen-bond donors (Lipinski definition) is 2. The molecule has 1 heterocycles. The summed E-state index contributed by atoms with van der Waals surface area (Å²) in [5, 5.41) is 6.83. The molecule has 1 amide bonds. The Morgan fingerprint density at radius 3 is 2.94 bits per heavy atom. The van der Waals surface area contributed by atoms with Gasteiger partial charge in [0.25, 0.3) is 5.91 Å². The molecule has 2 aromatic rings. The van der Waals surface area contributed by atoms with Gasteiger partial charge in [-0.2, -0.15) is 0 Å². The smallest absolute Gasteiger partial charge is 0.253 e. The molecule has 0 atom stereocenters. The van der Waals surface area contributed by atoms with Crippen LogP contribution in [0, 0.1) is 6.92 Å². The Morgan fingerprint density at radius 2 is 2.28 bits per heavy atom. The lowest BCUT2D eigenvalue weighted by Gasteiger charge is -2.05. The summed E-state index contributed by atoms with van der Waals surface area (Å²) in [6.45, 7) is 2.06. The molecule has 6 heteroatoms. The Kier molecular flexibility index (Phi) is 3.53. The Bertz CT molecular complexity index is 580. The van der Waals surface area contributed by atoms with Gasteiger partial charge in [-0.25, -0.2) is 0 Å². The number of aromatic nitrogens is 1. The van der Waals surface area contributed by atoms with E-state index in [0.717, 1.165) is 0 Å². The van der Waals surface area contributed by atoms with Gasteiger partial charge in [-0.05, 0) is 25.1 Å². The molecular formula is C12H12ClN3O2. The first-order valence-corrected chi connectivity index (χ1v) is 5.69. The number of aryl methyl sites for hydroxylation is 1. The minimum Gasteiger partial charge on any atom is -0.399 e. The van der Waals surface area contributed by atoms with E-state index in [1.807, 2.05) is 0 Å². The van der Waals surface area contributed by atoms with E-state index in [0.29, 0.717) is 27.7 Å². The molecule has 1 aromatic heterocycles. The molecule has 94 valence electrons. The topological polar surface area (TPSA) is 81.2 Å². The Hall–Kier alpha value is -2.01. The number of rotatable bonds is 3. The van der Waals surface area contributed by atoms with Gasteiger partial charge in [0.1, 0.15) is 11.5 Å². The summed E-state index contributed by atoms with van der Waals surface area (Å²) in [6.07, 6.45) is 0. The van der Waals surface area contributed by atoms with Crippen molar-refractivity contribution in [2.75, 3.05) is 5.73 Å². The van der Waals surface area contributed by atoms with Crippen LogP contribution >= 0.6 is 11.6 Å². The quantitative estimate of drug-likeness (QED) is 0.833. The highest BCUT2D eigenvalue weighted by molar-refractivity contribution is 6.34. The molecule has 0 unspecified atom stereocenters. The molecule has 18 heavy (non-hydrogen) atoms. The number of benzene rings is 1. The van der Waals surface area contributed by atoms with Gasteiger partial charge < -0.3 is 15.6 Å². The van der Waals surface area contributed by atoms with Crippen molar-refractivity contribution in [1.29, 1.82) is 0 Å². The highest BCUT2D eigenvalue weighted by atomic mass is 35.5. The minimum atomic E-state index is -0.298. The van der Waals surface area contributed by atoms with E-state index in [1.54, 1.807) is 25.1 Å². The summed E-state index contributed by atoms with van der Waals surface area (Å²) in [4.78, 5) is 11.9. The molecule has 0 aliphatic rings. The first kappa shape index (κ1) is 12.4. The lowest BCUT2D eigenvalue weighted by atomic mass is 10.2. The van der Waals surface area contributed by atoms with Crippen molar-refractivity contribution in [2.24, 2.45) is 0 Å². The van der Waals surface area contributed by atoms with E-state index in [2.05, 4.69) is 10.5 Å². The third-order valence-corrected chi connectivity index (χ3v) is 2.67. The first-order valence-electron chi connectivity index (χ1n) is 5.31. The zero-order chi connectivity index (χ0) is 13.1. The number of halogens is 1. The van der Waals surface area contributed by atoms with Crippen molar-refractivity contribution in [1.82, 2.24) is 10.5 Å². The fourth-order valence-corrected chi connectivity index (χ4v) is 1.69. The van der Waals surface area contributed by atoms with Crippen molar-refractivity contribution in [3.05, 3.63) is 46.3 Å². The van der Waals surface area contributed by atoms with E-state index < -0.39 is 0 Å². The Balaban J connectivity index is 2.05. The number of amides is 1. The number of hydrogen-bond acceptors (Lipinski definition) is 4. The number of nitrogens with zero attached hydrogens (tertiary/aromatic N) is 1. The van der Waals surface area contributed by atoms with Crippen molar-refractivity contribution in [2.45, 2.75) is 13.5 Å². The lowest BCUT2D eigenvalue weighted by Crippen LogP contribution is -2.23. The van der Waals surface area contributed by atoms with Crippen LogP contribution in [0.25, 0.3) is 0 Å². The van der Waals surface area contributed by atoms with Gasteiger partial charge in [0.2, 0.25) is 0 Å². The van der Waals surface area contributed by atoms with Crippen LogP contribution < -0.4 is 11.1 Å². The van der Waals surface area contributed by atoms with Crippen molar-refractivity contribution < 1.29 is 9.32 Å². The molecule has 0 saturated heterocycles. The standard InChI is InChI=1S/C12H12ClN3O2/c1-7-4-9(16-18-7)6-15-12(17)10-5-8(14)2-3-11(10)13/h2-5H,6,14H2,1H3,(H,15,17). The second-order valence-electron chi connectivity index (χ2n) is 3.85. The summed E-state index contributed by atoms with van der Waals surface area (Å²) in [5.74, 6) is 0.397. The van der Waals surface area contributed by atoms with Crippen LogP contribution in [0.2, 0.25) is 5.02 Å².